The lowest BCUT2D eigenvalue weighted by molar-refractivity contribution is -0.124. The van der Waals surface area contributed by atoms with Crippen molar-refractivity contribution < 1.29 is 9.59 Å². The highest BCUT2D eigenvalue weighted by atomic mass is 16.3. The van der Waals surface area contributed by atoms with Gasteiger partial charge in [0.25, 0.3) is 11.8 Å². The number of para-hydroxylation sites is 2. The second-order valence-corrected chi connectivity index (χ2v) is 4.98. The summed E-state index contributed by atoms with van der Waals surface area (Å²) in [6, 6.07) is 17.9. The van der Waals surface area contributed by atoms with Crippen LogP contribution in [0.4, 0.5) is 11.4 Å². The zero-order chi connectivity index (χ0) is 17.9. The van der Waals surface area contributed by atoms with E-state index in [1.54, 1.807) is 48.5 Å². The molecular formula is C16H18N6O3. The van der Waals surface area contributed by atoms with Gasteiger partial charge in [-0.05, 0) is 24.3 Å². The Bertz CT molecular complexity index is 638. The Morgan fingerprint density at radius 3 is 1.52 bits per heavy atom. The van der Waals surface area contributed by atoms with Crippen molar-refractivity contribution in [3.05, 3.63) is 65.6 Å². The molecule has 0 unspecified atom stereocenters. The first-order valence-corrected chi connectivity index (χ1v) is 7.45. The summed E-state index contributed by atoms with van der Waals surface area (Å²) in [5, 5.41) is 3.49. The number of hydrazine groups is 2. The van der Waals surface area contributed by atoms with E-state index in [0.717, 1.165) is 5.01 Å². The lowest BCUT2D eigenvalue weighted by Crippen LogP contribution is -2.42. The molecule has 9 heteroatoms. The summed E-state index contributed by atoms with van der Waals surface area (Å²) in [5.41, 5.74) is 11.6. The molecule has 0 bridgehead atoms. The van der Waals surface area contributed by atoms with Crippen molar-refractivity contribution in [3.63, 3.8) is 0 Å². The first kappa shape index (κ1) is 17.7. The molecule has 0 saturated carbocycles. The predicted octanol–water partition coefficient (Wildman–Crippen LogP) is 1.26. The van der Waals surface area contributed by atoms with Gasteiger partial charge in [-0.25, -0.2) is 5.01 Å². The second-order valence-electron chi connectivity index (χ2n) is 4.98. The number of anilines is 2. The average Bonchev–Trinajstić information content (AvgIpc) is 2.66. The number of benzene rings is 2. The number of hydrogen-bond acceptors (Lipinski definition) is 6. The smallest absolute Gasteiger partial charge is 0.259 e. The monoisotopic (exact) mass is 342 g/mol. The molecule has 2 aromatic carbocycles. The van der Waals surface area contributed by atoms with Crippen LogP contribution in [0, 0.1) is 4.91 Å². The van der Waals surface area contributed by atoms with Crippen LogP contribution in [0.1, 0.15) is 0 Å². The summed E-state index contributed by atoms with van der Waals surface area (Å²) < 4.78 is 0. The minimum absolute atomic E-state index is 0.359. The van der Waals surface area contributed by atoms with Gasteiger partial charge in [0.05, 0.1) is 16.7 Å². The minimum Gasteiger partial charge on any atom is -0.299 e. The number of carbonyl (C=O) groups excluding carboxylic acids is 2. The lowest BCUT2D eigenvalue weighted by Gasteiger charge is -2.16. The zero-order valence-corrected chi connectivity index (χ0v) is 13.3. The van der Waals surface area contributed by atoms with Crippen molar-refractivity contribution >= 4 is 23.2 Å². The summed E-state index contributed by atoms with van der Waals surface area (Å²) in [6.45, 7) is -0.718. The molecule has 0 fully saturated rings. The third-order valence-corrected chi connectivity index (χ3v) is 3.01. The Balaban J connectivity index is 1.72. The summed E-state index contributed by atoms with van der Waals surface area (Å²) in [5.74, 6) is -1.01. The number of nitrogens with one attached hydrogen (secondary N) is 4. The molecule has 0 aromatic heterocycles. The molecule has 9 nitrogen and oxygen atoms in total. The molecule has 2 rings (SSSR count). The molecule has 4 N–H and O–H groups in total. The van der Waals surface area contributed by atoms with Crippen molar-refractivity contribution in [2.75, 3.05) is 23.9 Å². The van der Waals surface area contributed by atoms with Crippen LogP contribution in [0.3, 0.4) is 0 Å². The van der Waals surface area contributed by atoms with E-state index in [0.29, 0.717) is 11.4 Å². The molecule has 0 spiro atoms. The Labute approximate surface area is 144 Å². The summed E-state index contributed by atoms with van der Waals surface area (Å²) in [4.78, 5) is 34.4. The van der Waals surface area contributed by atoms with E-state index in [-0.39, 0.29) is 13.1 Å². The van der Waals surface area contributed by atoms with Gasteiger partial charge in [-0.1, -0.05) is 36.4 Å². The van der Waals surface area contributed by atoms with Crippen molar-refractivity contribution in [2.24, 2.45) is 5.29 Å². The van der Waals surface area contributed by atoms with Gasteiger partial charge in [-0.2, -0.15) is 0 Å². The van der Waals surface area contributed by atoms with Gasteiger partial charge in [0.2, 0.25) is 0 Å². The molecular weight excluding hydrogens is 324 g/mol. The number of hydrogen-bond donors (Lipinski definition) is 4. The molecule has 130 valence electrons. The molecule has 0 saturated heterocycles. The van der Waals surface area contributed by atoms with Crippen molar-refractivity contribution in [1.82, 2.24) is 15.9 Å². The third-order valence-electron chi connectivity index (χ3n) is 3.01. The predicted molar refractivity (Wildman–Crippen MR) is 93.8 cm³/mol. The van der Waals surface area contributed by atoms with Crippen molar-refractivity contribution in [3.8, 4) is 0 Å². The fraction of sp³-hybridized carbons (Fsp3) is 0.125. The summed E-state index contributed by atoms with van der Waals surface area (Å²) >= 11 is 0. The first-order chi connectivity index (χ1) is 12.2. The van der Waals surface area contributed by atoms with E-state index in [2.05, 4.69) is 27.0 Å². The topological polar surface area (TPSA) is 115 Å². The fourth-order valence-corrected chi connectivity index (χ4v) is 1.85. The number of nitrogens with zero attached hydrogens (tertiary/aromatic N) is 2. The second kappa shape index (κ2) is 9.50. The highest BCUT2D eigenvalue weighted by Crippen LogP contribution is 2.03. The molecule has 0 radical (unpaired) electrons. The van der Waals surface area contributed by atoms with Gasteiger partial charge >= 0.3 is 0 Å². The van der Waals surface area contributed by atoms with Crippen LogP contribution in [0.2, 0.25) is 0 Å². The van der Waals surface area contributed by atoms with Crippen LogP contribution >= 0.6 is 0 Å². The summed E-state index contributed by atoms with van der Waals surface area (Å²) in [6.07, 6.45) is 0. The van der Waals surface area contributed by atoms with Crippen molar-refractivity contribution in [2.45, 2.75) is 0 Å². The fourth-order valence-electron chi connectivity index (χ4n) is 1.85. The first-order valence-electron chi connectivity index (χ1n) is 7.45. The summed E-state index contributed by atoms with van der Waals surface area (Å²) in [7, 11) is 0. The molecule has 0 aliphatic carbocycles. The molecule has 0 atom stereocenters. The van der Waals surface area contributed by atoms with Gasteiger partial charge in [-0.3, -0.25) is 31.3 Å². The van der Waals surface area contributed by atoms with Crippen molar-refractivity contribution in [1.29, 1.82) is 0 Å². The van der Waals surface area contributed by atoms with Gasteiger partial charge in [0, 0.05) is 0 Å². The van der Waals surface area contributed by atoms with E-state index >= 15 is 0 Å². The molecule has 0 heterocycles. The molecule has 2 aromatic rings. The van der Waals surface area contributed by atoms with Gasteiger partial charge < -0.3 is 0 Å². The Morgan fingerprint density at radius 1 is 0.760 bits per heavy atom. The third kappa shape index (κ3) is 6.57. The Kier molecular flexibility index (Phi) is 6.74. The Morgan fingerprint density at radius 2 is 1.16 bits per heavy atom. The van der Waals surface area contributed by atoms with E-state index in [9.17, 15) is 14.5 Å². The van der Waals surface area contributed by atoms with E-state index in [1.165, 1.54) is 0 Å². The van der Waals surface area contributed by atoms with E-state index in [4.69, 9.17) is 0 Å². The number of carbonyl (C=O) groups is 2. The maximum Gasteiger partial charge on any atom is 0.259 e. The van der Waals surface area contributed by atoms with E-state index < -0.39 is 11.8 Å². The van der Waals surface area contributed by atoms with Gasteiger partial charge in [-0.15, -0.1) is 4.91 Å². The van der Waals surface area contributed by atoms with E-state index in [1.807, 2.05) is 12.1 Å². The normalized spacial score (nSPS) is 9.60. The maximum atomic E-state index is 11.8. The van der Waals surface area contributed by atoms with Crippen LogP contribution in [0.15, 0.2) is 65.9 Å². The number of nitroso groups, excluding NO2 is 1. The maximum absolute atomic E-state index is 11.8. The van der Waals surface area contributed by atoms with Crippen LogP contribution in [-0.4, -0.2) is 29.9 Å². The number of amides is 2. The van der Waals surface area contributed by atoms with Crippen LogP contribution in [0.25, 0.3) is 0 Å². The van der Waals surface area contributed by atoms with Gasteiger partial charge in [0.15, 0.2) is 0 Å². The highest BCUT2D eigenvalue weighted by molar-refractivity contribution is 5.82. The average molecular weight is 342 g/mol. The molecule has 25 heavy (non-hydrogen) atoms. The number of rotatable bonds is 9. The minimum atomic E-state index is -0.507. The highest BCUT2D eigenvalue weighted by Gasteiger charge is 2.14. The molecule has 0 aliphatic rings. The molecule has 0 aliphatic heterocycles. The lowest BCUT2D eigenvalue weighted by atomic mass is 10.3. The van der Waals surface area contributed by atoms with Crippen LogP contribution in [0.5, 0.6) is 0 Å². The quantitative estimate of drug-likeness (QED) is 0.403. The standard InChI is InChI=1S/C16H18N6O3/c23-15(19-17-13-7-3-1-4-8-13)11-22(21-25)12-16(24)20-18-14-9-5-2-6-10-14/h1-10,17-18H,11-12H2,(H,19,23)(H,20,24). The SMILES string of the molecule is O=NN(CC(=O)NNc1ccccc1)CC(=O)NNc1ccccc1. The zero-order valence-electron chi connectivity index (χ0n) is 13.3. The van der Waals surface area contributed by atoms with Crippen LogP contribution in [-0.2, 0) is 9.59 Å². The molecule has 2 amide bonds. The Hall–Kier alpha value is -3.62. The van der Waals surface area contributed by atoms with Crippen LogP contribution < -0.4 is 21.7 Å². The van der Waals surface area contributed by atoms with Gasteiger partial charge in [0.1, 0.15) is 13.1 Å². The largest absolute Gasteiger partial charge is 0.299 e.